The topological polar surface area (TPSA) is 93.8 Å². The molecule has 45 heavy (non-hydrogen) atoms. The molecule has 3 N–H and O–H groups in total. The zero-order chi connectivity index (χ0) is 31.3. The molecule has 3 aliphatic rings. The van der Waals surface area contributed by atoms with Gasteiger partial charge in [0.05, 0.1) is 29.8 Å². The van der Waals surface area contributed by atoms with Crippen molar-refractivity contribution < 1.29 is 14.3 Å². The Balaban J connectivity index is 0.000000272. The van der Waals surface area contributed by atoms with Gasteiger partial charge in [-0.05, 0) is 114 Å². The molecule has 6 nitrogen and oxygen atoms in total. The second-order valence-electron chi connectivity index (χ2n) is 11.8. The van der Waals surface area contributed by atoms with Gasteiger partial charge in [0.15, 0.2) is 5.78 Å². The highest BCUT2D eigenvalue weighted by Gasteiger charge is 2.37. The van der Waals surface area contributed by atoms with Crippen LogP contribution in [0.3, 0.4) is 0 Å². The van der Waals surface area contributed by atoms with E-state index >= 15 is 0 Å². The van der Waals surface area contributed by atoms with Gasteiger partial charge < -0.3 is 15.8 Å². The van der Waals surface area contributed by atoms with Gasteiger partial charge in [-0.2, -0.15) is 0 Å². The molecule has 0 amide bonds. The van der Waals surface area contributed by atoms with Gasteiger partial charge in [0, 0.05) is 23.7 Å². The SMILES string of the molecule is C1=CNc2ccccc2N=C1.CCOC(=O)C(C)C1CCCc2c1ccc1c2C(C(=O)c2ccc(N)cc2)Cc2ccccc2-1. The fourth-order valence-electron chi connectivity index (χ4n) is 6.92. The molecule has 4 aromatic carbocycles. The second-order valence-corrected chi connectivity index (χ2v) is 11.8. The minimum atomic E-state index is -0.250. The Hall–Kier alpha value is -4.97. The Morgan fingerprint density at radius 1 is 0.978 bits per heavy atom. The standard InChI is InChI=1S/C30H31NO3.C9H8N2/c1-3-34-30(33)18(2)22-9-6-10-25-24(22)15-16-26-23-8-5-4-7-20(23)17-27(28(25)26)29(32)19-11-13-21(31)14-12-19;1-2-5-9-8(4-1)10-6-3-7-11-9/h4-5,7-8,11-16,18,22,27H,3,6,9-10,17,31H2,1-2H3;1-7,10H. The average molecular weight is 598 g/mol. The van der Waals surface area contributed by atoms with Gasteiger partial charge in [-0.25, -0.2) is 0 Å². The maximum Gasteiger partial charge on any atom is 0.309 e. The maximum atomic E-state index is 13.9. The van der Waals surface area contributed by atoms with Gasteiger partial charge in [0.25, 0.3) is 0 Å². The van der Waals surface area contributed by atoms with Crippen molar-refractivity contribution in [1.82, 2.24) is 0 Å². The molecule has 1 aliphatic heterocycles. The summed E-state index contributed by atoms with van der Waals surface area (Å²) in [5, 5.41) is 3.12. The maximum absolute atomic E-state index is 13.9. The largest absolute Gasteiger partial charge is 0.466 e. The summed E-state index contributed by atoms with van der Waals surface area (Å²) in [5.74, 6) is -0.362. The Morgan fingerprint density at radius 2 is 1.76 bits per heavy atom. The van der Waals surface area contributed by atoms with Crippen LogP contribution in [0.15, 0.2) is 102 Å². The van der Waals surface area contributed by atoms with Crippen LogP contribution in [-0.2, 0) is 22.4 Å². The van der Waals surface area contributed by atoms with Crippen LogP contribution >= 0.6 is 0 Å². The van der Waals surface area contributed by atoms with Gasteiger partial charge in [-0.1, -0.05) is 55.5 Å². The number of carbonyl (C=O) groups is 2. The summed E-state index contributed by atoms with van der Waals surface area (Å²) < 4.78 is 5.35. The van der Waals surface area contributed by atoms with Crippen molar-refractivity contribution in [2.75, 3.05) is 17.7 Å². The number of ketones is 1. The number of nitrogens with two attached hydrogens (primary N) is 1. The number of nitrogens with one attached hydrogen (secondary N) is 1. The third-order valence-corrected chi connectivity index (χ3v) is 9.13. The quantitative estimate of drug-likeness (QED) is 0.137. The van der Waals surface area contributed by atoms with E-state index in [4.69, 9.17) is 10.5 Å². The first-order valence-electron chi connectivity index (χ1n) is 15.8. The number of anilines is 2. The number of ether oxygens (including phenoxy) is 1. The number of allylic oxidation sites excluding steroid dienone is 1. The highest BCUT2D eigenvalue weighted by atomic mass is 16.5. The van der Waals surface area contributed by atoms with Crippen molar-refractivity contribution in [3.63, 3.8) is 0 Å². The number of aliphatic imine (C=N–C) groups is 1. The molecule has 0 bridgehead atoms. The van der Waals surface area contributed by atoms with Crippen LogP contribution < -0.4 is 11.1 Å². The van der Waals surface area contributed by atoms with Crippen LogP contribution in [0, 0.1) is 5.92 Å². The third kappa shape index (κ3) is 6.18. The molecule has 7 rings (SSSR count). The molecule has 0 radical (unpaired) electrons. The lowest BCUT2D eigenvalue weighted by atomic mass is 9.68. The number of esters is 1. The first-order valence-corrected chi connectivity index (χ1v) is 15.8. The predicted octanol–water partition coefficient (Wildman–Crippen LogP) is 8.41. The molecule has 3 unspecified atom stereocenters. The lowest BCUT2D eigenvalue weighted by Gasteiger charge is -2.36. The minimum Gasteiger partial charge on any atom is -0.466 e. The Labute approximate surface area is 265 Å². The van der Waals surface area contributed by atoms with E-state index in [-0.39, 0.29) is 29.5 Å². The van der Waals surface area contributed by atoms with Crippen molar-refractivity contribution in [3.8, 4) is 11.1 Å². The molecule has 6 heteroatoms. The van der Waals surface area contributed by atoms with Crippen molar-refractivity contribution in [1.29, 1.82) is 0 Å². The fraction of sp³-hybridized carbons (Fsp3) is 0.256. The summed E-state index contributed by atoms with van der Waals surface area (Å²) in [4.78, 5) is 30.7. The van der Waals surface area contributed by atoms with Crippen molar-refractivity contribution >= 4 is 35.0 Å². The average Bonchev–Trinajstić information content (AvgIpc) is 3.33. The smallest absolute Gasteiger partial charge is 0.309 e. The number of nitrogens with zero attached hydrogens (tertiary/aromatic N) is 1. The lowest BCUT2D eigenvalue weighted by Crippen LogP contribution is -2.28. The van der Waals surface area contributed by atoms with Crippen LogP contribution in [0.4, 0.5) is 17.1 Å². The van der Waals surface area contributed by atoms with Crippen molar-refractivity contribution in [2.24, 2.45) is 10.9 Å². The lowest BCUT2D eigenvalue weighted by molar-refractivity contribution is -0.148. The van der Waals surface area contributed by atoms with Crippen LogP contribution in [-0.4, -0.2) is 24.6 Å². The molecule has 0 fully saturated rings. The van der Waals surface area contributed by atoms with E-state index in [1.54, 1.807) is 18.3 Å². The van der Waals surface area contributed by atoms with Crippen molar-refractivity contribution in [2.45, 2.75) is 51.4 Å². The van der Waals surface area contributed by atoms with E-state index in [2.05, 4.69) is 40.6 Å². The minimum absolute atomic E-state index is 0.109. The molecular weight excluding hydrogens is 558 g/mol. The zero-order valence-electron chi connectivity index (χ0n) is 25.8. The first-order chi connectivity index (χ1) is 22.0. The third-order valence-electron chi connectivity index (χ3n) is 9.13. The molecule has 2 aliphatic carbocycles. The van der Waals surface area contributed by atoms with E-state index in [0.29, 0.717) is 24.3 Å². The number of benzene rings is 4. The number of rotatable bonds is 5. The molecule has 0 aromatic heterocycles. The molecular formula is C39H39N3O3. The van der Waals surface area contributed by atoms with E-state index in [0.717, 1.165) is 41.8 Å². The monoisotopic (exact) mass is 597 g/mol. The normalized spacial score (nSPS) is 17.9. The molecule has 0 spiro atoms. The van der Waals surface area contributed by atoms with E-state index in [1.807, 2.05) is 68.6 Å². The Kier molecular flexibility index (Phi) is 8.92. The van der Waals surface area contributed by atoms with Gasteiger partial charge >= 0.3 is 5.97 Å². The van der Waals surface area contributed by atoms with E-state index < -0.39 is 0 Å². The summed E-state index contributed by atoms with van der Waals surface area (Å²) in [6.07, 6.45) is 9.09. The Bertz CT molecular complexity index is 1770. The summed E-state index contributed by atoms with van der Waals surface area (Å²) in [7, 11) is 0. The summed E-state index contributed by atoms with van der Waals surface area (Å²) in [6, 6.07) is 28.0. The molecule has 0 saturated heterocycles. The number of fused-ring (bicyclic) bond motifs is 6. The number of para-hydroxylation sites is 2. The van der Waals surface area contributed by atoms with Crippen LogP contribution in [0.1, 0.15) is 71.1 Å². The van der Waals surface area contributed by atoms with Crippen molar-refractivity contribution in [3.05, 3.63) is 125 Å². The highest BCUT2D eigenvalue weighted by Crippen LogP contribution is 2.48. The molecule has 4 aromatic rings. The summed E-state index contributed by atoms with van der Waals surface area (Å²) in [5.41, 5.74) is 16.4. The molecule has 0 saturated carbocycles. The first kappa shape index (κ1) is 30.1. The van der Waals surface area contributed by atoms with Gasteiger partial charge in [-0.3, -0.25) is 14.6 Å². The van der Waals surface area contributed by atoms with E-state index in [1.165, 1.54) is 22.3 Å². The van der Waals surface area contributed by atoms with Gasteiger partial charge in [0.1, 0.15) is 0 Å². The zero-order valence-corrected chi connectivity index (χ0v) is 25.8. The van der Waals surface area contributed by atoms with Gasteiger partial charge in [0.2, 0.25) is 0 Å². The van der Waals surface area contributed by atoms with Crippen LogP contribution in [0.2, 0.25) is 0 Å². The predicted molar refractivity (Wildman–Crippen MR) is 182 cm³/mol. The molecule has 1 heterocycles. The number of Topliss-reactive ketones (excluding diaryl/α,β-unsaturated/α-hetero) is 1. The highest BCUT2D eigenvalue weighted by molar-refractivity contribution is 6.03. The van der Waals surface area contributed by atoms with E-state index in [9.17, 15) is 9.59 Å². The molecule has 228 valence electrons. The number of carbonyl (C=O) groups excluding carboxylic acids is 2. The van der Waals surface area contributed by atoms with Gasteiger partial charge in [-0.15, -0.1) is 0 Å². The summed E-state index contributed by atoms with van der Waals surface area (Å²) in [6.45, 7) is 4.21. The second kappa shape index (κ2) is 13.3. The number of hydrogen-bond acceptors (Lipinski definition) is 6. The summed E-state index contributed by atoms with van der Waals surface area (Å²) >= 11 is 0. The molecule has 3 atom stereocenters. The van der Waals surface area contributed by atoms with Crippen LogP contribution in [0.25, 0.3) is 11.1 Å². The number of hydrogen-bond donors (Lipinski definition) is 2. The fourth-order valence-corrected chi connectivity index (χ4v) is 6.92. The van der Waals surface area contributed by atoms with Crippen LogP contribution in [0.5, 0.6) is 0 Å². The number of nitrogen functional groups attached to an aromatic ring is 1. The Morgan fingerprint density at radius 3 is 2.58 bits per heavy atom.